The fourth-order valence-corrected chi connectivity index (χ4v) is 1.79. The molecule has 0 atom stereocenters. The fourth-order valence-electron chi connectivity index (χ4n) is 1.43. The van der Waals surface area contributed by atoms with Gasteiger partial charge < -0.3 is 0 Å². The van der Waals surface area contributed by atoms with E-state index in [4.69, 9.17) is 0 Å². The molecule has 2 rings (SSSR count). The third kappa shape index (κ3) is 1.46. The van der Waals surface area contributed by atoms with Crippen molar-refractivity contribution in [3.8, 4) is 0 Å². The molecule has 1 aromatic carbocycles. The van der Waals surface area contributed by atoms with Crippen LogP contribution in [0.2, 0.25) is 0 Å². The third-order valence-corrected chi connectivity index (χ3v) is 2.72. The first-order valence-corrected chi connectivity index (χ1v) is 4.93. The lowest BCUT2D eigenvalue weighted by molar-refractivity contribution is 1.11. The summed E-state index contributed by atoms with van der Waals surface area (Å²) in [5, 5.41) is 0. The van der Waals surface area contributed by atoms with Crippen LogP contribution in [0, 0.1) is 6.08 Å². The number of rotatable bonds is 2. The molecule has 0 amide bonds. The summed E-state index contributed by atoms with van der Waals surface area (Å²) in [6.45, 7) is 3.70. The van der Waals surface area contributed by atoms with Crippen LogP contribution >= 0.6 is 15.9 Å². The molecule has 0 aliphatic heterocycles. The summed E-state index contributed by atoms with van der Waals surface area (Å²) >= 11 is 3.44. The molecule has 12 heavy (non-hydrogen) atoms. The van der Waals surface area contributed by atoms with Crippen LogP contribution in [0.25, 0.3) is 0 Å². The van der Waals surface area contributed by atoms with Gasteiger partial charge in [-0.05, 0) is 48.1 Å². The summed E-state index contributed by atoms with van der Waals surface area (Å²) in [5.74, 6) is 0.780. The first-order chi connectivity index (χ1) is 5.81. The molecule has 0 bridgehead atoms. The molecule has 0 nitrogen and oxygen atoms in total. The maximum Gasteiger partial charge on any atom is 0.0181 e. The molecule has 0 saturated heterocycles. The summed E-state index contributed by atoms with van der Waals surface area (Å²) in [6, 6.07) is 6.35. The highest BCUT2D eigenvalue weighted by molar-refractivity contribution is 9.10. The van der Waals surface area contributed by atoms with E-state index in [0.29, 0.717) is 0 Å². The molecular weight excluding hydrogens is 212 g/mol. The highest BCUT2D eigenvalue weighted by atomic mass is 79.9. The Kier molecular flexibility index (Phi) is 2.05. The highest BCUT2D eigenvalue weighted by Crippen LogP contribution is 2.42. The minimum Gasteiger partial charge on any atom is -0.0905 e. The second kappa shape index (κ2) is 3.06. The molecule has 0 heterocycles. The molecule has 0 N–H and O–H groups in total. The first-order valence-electron chi connectivity index (χ1n) is 4.14. The van der Waals surface area contributed by atoms with Gasteiger partial charge in [0, 0.05) is 4.47 Å². The quantitative estimate of drug-likeness (QED) is 0.716. The molecule has 0 unspecified atom stereocenters. The zero-order chi connectivity index (χ0) is 8.55. The molecular formula is C11H10Br. The van der Waals surface area contributed by atoms with E-state index in [1.54, 1.807) is 0 Å². The molecule has 1 fully saturated rings. The van der Waals surface area contributed by atoms with Gasteiger partial charge in [0.1, 0.15) is 0 Å². The van der Waals surface area contributed by atoms with E-state index < -0.39 is 0 Å². The maximum atomic E-state index is 3.70. The third-order valence-electron chi connectivity index (χ3n) is 2.22. The Bertz CT molecular complexity index is 311. The van der Waals surface area contributed by atoms with E-state index in [9.17, 15) is 0 Å². The van der Waals surface area contributed by atoms with E-state index in [0.717, 1.165) is 16.0 Å². The molecule has 1 heteroatoms. The first kappa shape index (κ1) is 8.06. The van der Waals surface area contributed by atoms with Crippen molar-refractivity contribution in [3.63, 3.8) is 0 Å². The van der Waals surface area contributed by atoms with Crippen LogP contribution in [0.4, 0.5) is 0 Å². The van der Waals surface area contributed by atoms with Crippen molar-refractivity contribution in [2.24, 2.45) is 0 Å². The number of hydrogen-bond acceptors (Lipinski definition) is 0. The molecule has 61 valence electrons. The van der Waals surface area contributed by atoms with Crippen molar-refractivity contribution in [2.75, 3.05) is 0 Å². The lowest BCUT2D eigenvalue weighted by atomic mass is 10.0. The lowest BCUT2D eigenvalue weighted by Crippen LogP contribution is -1.85. The predicted octanol–water partition coefficient (Wildman–Crippen LogP) is 3.66. The maximum absolute atomic E-state index is 3.70. The minimum atomic E-state index is 0.780. The van der Waals surface area contributed by atoms with Gasteiger partial charge in [0.2, 0.25) is 0 Å². The van der Waals surface area contributed by atoms with Crippen molar-refractivity contribution in [1.29, 1.82) is 0 Å². The average molecular weight is 222 g/mol. The Labute approximate surface area is 81.4 Å². The Morgan fingerprint density at radius 2 is 2.17 bits per heavy atom. The van der Waals surface area contributed by atoms with Crippen molar-refractivity contribution in [2.45, 2.75) is 18.8 Å². The van der Waals surface area contributed by atoms with E-state index >= 15 is 0 Å². The van der Waals surface area contributed by atoms with Crippen LogP contribution in [0.15, 0.2) is 29.3 Å². The zero-order valence-electron chi connectivity index (χ0n) is 6.81. The van der Waals surface area contributed by atoms with Crippen molar-refractivity contribution in [3.05, 3.63) is 46.5 Å². The summed E-state index contributed by atoms with van der Waals surface area (Å²) in [4.78, 5) is 0. The zero-order valence-corrected chi connectivity index (χ0v) is 8.39. The summed E-state index contributed by atoms with van der Waals surface area (Å²) in [6.07, 6.45) is 5.64. The summed E-state index contributed by atoms with van der Waals surface area (Å²) in [7, 11) is 0. The van der Waals surface area contributed by atoms with Crippen LogP contribution in [0.5, 0.6) is 0 Å². The van der Waals surface area contributed by atoms with Crippen LogP contribution in [-0.2, 0) is 0 Å². The molecule has 0 aromatic heterocycles. The molecule has 1 aliphatic carbocycles. The second-order valence-corrected chi connectivity index (χ2v) is 4.10. The highest BCUT2D eigenvalue weighted by Gasteiger charge is 2.25. The Morgan fingerprint density at radius 1 is 1.42 bits per heavy atom. The Morgan fingerprint density at radius 3 is 2.75 bits per heavy atom. The van der Waals surface area contributed by atoms with Gasteiger partial charge in [0.05, 0.1) is 0 Å². The monoisotopic (exact) mass is 221 g/mol. The van der Waals surface area contributed by atoms with Gasteiger partial charge in [-0.1, -0.05) is 28.6 Å². The minimum absolute atomic E-state index is 0.780. The SMILES string of the molecule is C=[C]c1cc(Br)ccc1C1CC1. The molecule has 1 aliphatic rings. The van der Waals surface area contributed by atoms with E-state index in [1.165, 1.54) is 18.4 Å². The van der Waals surface area contributed by atoms with Gasteiger partial charge in [-0.25, -0.2) is 0 Å². The molecule has 0 spiro atoms. The molecule has 1 saturated carbocycles. The van der Waals surface area contributed by atoms with Crippen LogP contribution in [-0.4, -0.2) is 0 Å². The van der Waals surface area contributed by atoms with Gasteiger partial charge in [-0.2, -0.15) is 0 Å². The largest absolute Gasteiger partial charge is 0.0905 e. The van der Waals surface area contributed by atoms with E-state index in [-0.39, 0.29) is 0 Å². The number of halogens is 1. The molecule has 1 radical (unpaired) electrons. The Hall–Kier alpha value is -0.560. The van der Waals surface area contributed by atoms with Gasteiger partial charge >= 0.3 is 0 Å². The van der Waals surface area contributed by atoms with Crippen molar-refractivity contribution >= 4 is 15.9 Å². The van der Waals surface area contributed by atoms with Crippen LogP contribution in [0.1, 0.15) is 29.9 Å². The van der Waals surface area contributed by atoms with Gasteiger partial charge in [-0.3, -0.25) is 0 Å². The van der Waals surface area contributed by atoms with E-state index in [2.05, 4.69) is 46.8 Å². The van der Waals surface area contributed by atoms with Crippen molar-refractivity contribution < 1.29 is 0 Å². The Balaban J connectivity index is 2.44. The normalized spacial score (nSPS) is 16.1. The summed E-state index contributed by atoms with van der Waals surface area (Å²) < 4.78 is 1.11. The number of hydrogen-bond donors (Lipinski definition) is 0. The predicted molar refractivity (Wildman–Crippen MR) is 54.1 cm³/mol. The van der Waals surface area contributed by atoms with Gasteiger partial charge in [0.25, 0.3) is 0 Å². The standard InChI is InChI=1S/C11H10Br/c1-2-8-7-10(12)5-6-11(8)9-3-4-9/h5-7,9H,1,3-4H2. The van der Waals surface area contributed by atoms with Crippen molar-refractivity contribution in [1.82, 2.24) is 0 Å². The fraction of sp³-hybridized carbons (Fsp3) is 0.273. The van der Waals surface area contributed by atoms with E-state index in [1.807, 2.05) is 0 Å². The van der Waals surface area contributed by atoms with Gasteiger partial charge in [-0.15, -0.1) is 0 Å². The van der Waals surface area contributed by atoms with Crippen LogP contribution < -0.4 is 0 Å². The average Bonchev–Trinajstić information content (AvgIpc) is 2.87. The summed E-state index contributed by atoms with van der Waals surface area (Å²) in [5.41, 5.74) is 2.57. The smallest absolute Gasteiger partial charge is 0.0181 e. The lowest BCUT2D eigenvalue weighted by Gasteiger charge is -2.03. The van der Waals surface area contributed by atoms with Gasteiger partial charge in [0.15, 0.2) is 0 Å². The topological polar surface area (TPSA) is 0 Å². The molecule has 1 aromatic rings. The number of benzene rings is 1. The van der Waals surface area contributed by atoms with Crippen LogP contribution in [0.3, 0.4) is 0 Å². The second-order valence-electron chi connectivity index (χ2n) is 3.18.